The highest BCUT2D eigenvalue weighted by Crippen LogP contribution is 2.21. The van der Waals surface area contributed by atoms with E-state index in [2.05, 4.69) is 34.2 Å². The smallest absolute Gasteiger partial charge is 0.137 e. The number of nitrogens with one attached hydrogen (secondary N) is 1. The van der Waals surface area contributed by atoms with Crippen LogP contribution in [0.2, 0.25) is 5.15 Å². The summed E-state index contributed by atoms with van der Waals surface area (Å²) in [7, 11) is 1.94. The van der Waals surface area contributed by atoms with Crippen LogP contribution in [0.4, 0.5) is 5.82 Å². The standard InChI is InChI=1S/C15H22ClN5/c1-5-7-13-18-14(16)10(3)15(19-13)17-8-11-9-21(4)20-12(11)6-2/h9H,5-8H2,1-4H3,(H,17,18,19). The molecule has 0 spiro atoms. The molecule has 0 radical (unpaired) electrons. The molecule has 0 bridgehead atoms. The van der Waals surface area contributed by atoms with Crippen molar-refractivity contribution in [2.24, 2.45) is 7.05 Å². The third-order valence-corrected chi connectivity index (χ3v) is 3.75. The maximum absolute atomic E-state index is 6.19. The maximum Gasteiger partial charge on any atom is 0.137 e. The van der Waals surface area contributed by atoms with Gasteiger partial charge in [0, 0.05) is 37.3 Å². The molecule has 0 unspecified atom stereocenters. The molecule has 2 aromatic rings. The Morgan fingerprint density at radius 3 is 2.71 bits per heavy atom. The van der Waals surface area contributed by atoms with Crippen LogP contribution in [-0.4, -0.2) is 19.7 Å². The zero-order valence-electron chi connectivity index (χ0n) is 13.1. The van der Waals surface area contributed by atoms with E-state index in [0.29, 0.717) is 11.7 Å². The third kappa shape index (κ3) is 3.73. The van der Waals surface area contributed by atoms with Crippen LogP contribution in [0.25, 0.3) is 0 Å². The highest BCUT2D eigenvalue weighted by atomic mass is 35.5. The predicted octanol–water partition coefficient (Wildman–Crippen LogP) is 3.30. The molecule has 0 saturated carbocycles. The molecule has 0 aliphatic heterocycles. The Bertz CT molecular complexity index is 621. The summed E-state index contributed by atoms with van der Waals surface area (Å²) >= 11 is 6.19. The first-order chi connectivity index (χ1) is 10.0. The van der Waals surface area contributed by atoms with Gasteiger partial charge in [-0.15, -0.1) is 0 Å². The molecule has 114 valence electrons. The van der Waals surface area contributed by atoms with Crippen molar-refractivity contribution in [3.8, 4) is 0 Å². The Labute approximate surface area is 130 Å². The van der Waals surface area contributed by atoms with Crippen molar-refractivity contribution in [2.45, 2.75) is 46.6 Å². The number of aryl methyl sites for hydroxylation is 3. The van der Waals surface area contributed by atoms with E-state index >= 15 is 0 Å². The summed E-state index contributed by atoms with van der Waals surface area (Å²) in [4.78, 5) is 8.88. The number of hydrogen-bond acceptors (Lipinski definition) is 4. The number of aromatic nitrogens is 4. The van der Waals surface area contributed by atoms with Gasteiger partial charge in [-0.3, -0.25) is 4.68 Å². The van der Waals surface area contributed by atoms with Crippen molar-refractivity contribution >= 4 is 17.4 Å². The first-order valence-corrected chi connectivity index (χ1v) is 7.71. The third-order valence-electron chi connectivity index (χ3n) is 3.38. The van der Waals surface area contributed by atoms with Crippen LogP contribution >= 0.6 is 11.6 Å². The topological polar surface area (TPSA) is 55.6 Å². The fourth-order valence-corrected chi connectivity index (χ4v) is 2.44. The highest BCUT2D eigenvalue weighted by molar-refractivity contribution is 6.30. The monoisotopic (exact) mass is 307 g/mol. The van der Waals surface area contributed by atoms with E-state index in [1.54, 1.807) is 0 Å². The van der Waals surface area contributed by atoms with Crippen molar-refractivity contribution in [2.75, 3.05) is 5.32 Å². The second kappa shape index (κ2) is 6.89. The molecule has 0 aromatic carbocycles. The Kier molecular flexibility index (Phi) is 5.17. The lowest BCUT2D eigenvalue weighted by molar-refractivity contribution is 0.746. The molecule has 6 heteroatoms. The van der Waals surface area contributed by atoms with Crippen LogP contribution in [-0.2, 0) is 26.4 Å². The molecule has 0 atom stereocenters. The van der Waals surface area contributed by atoms with Crippen LogP contribution in [0.1, 0.15) is 42.9 Å². The summed E-state index contributed by atoms with van der Waals surface area (Å²) in [5, 5.41) is 8.34. The van der Waals surface area contributed by atoms with Crippen LogP contribution in [0.5, 0.6) is 0 Å². The zero-order chi connectivity index (χ0) is 15.4. The Hall–Kier alpha value is -1.62. The van der Waals surface area contributed by atoms with Crippen molar-refractivity contribution in [1.82, 2.24) is 19.7 Å². The largest absolute Gasteiger partial charge is 0.365 e. The van der Waals surface area contributed by atoms with Gasteiger partial charge in [0.15, 0.2) is 0 Å². The Morgan fingerprint density at radius 1 is 1.29 bits per heavy atom. The molecular weight excluding hydrogens is 286 g/mol. The van der Waals surface area contributed by atoms with Gasteiger partial charge in [-0.05, 0) is 19.8 Å². The molecule has 1 N–H and O–H groups in total. The highest BCUT2D eigenvalue weighted by Gasteiger charge is 2.11. The number of rotatable bonds is 6. The lowest BCUT2D eigenvalue weighted by Crippen LogP contribution is -2.08. The van der Waals surface area contributed by atoms with E-state index in [9.17, 15) is 0 Å². The van der Waals surface area contributed by atoms with Crippen molar-refractivity contribution in [3.05, 3.63) is 34.0 Å². The summed E-state index contributed by atoms with van der Waals surface area (Å²) in [5.74, 6) is 1.60. The molecule has 0 aliphatic carbocycles. The summed E-state index contributed by atoms with van der Waals surface area (Å²) < 4.78 is 1.85. The lowest BCUT2D eigenvalue weighted by Gasteiger charge is -2.11. The van der Waals surface area contributed by atoms with E-state index in [0.717, 1.165) is 42.2 Å². The molecule has 21 heavy (non-hydrogen) atoms. The van der Waals surface area contributed by atoms with Gasteiger partial charge in [0.2, 0.25) is 0 Å². The van der Waals surface area contributed by atoms with Crippen LogP contribution in [0, 0.1) is 6.92 Å². The maximum atomic E-state index is 6.19. The van der Waals surface area contributed by atoms with E-state index < -0.39 is 0 Å². The molecule has 2 aromatic heterocycles. The van der Waals surface area contributed by atoms with E-state index in [4.69, 9.17) is 11.6 Å². The molecule has 0 aliphatic rings. The number of hydrogen-bond donors (Lipinski definition) is 1. The summed E-state index contributed by atoms with van der Waals surface area (Å²) in [6.07, 6.45) is 4.79. The molecule has 2 heterocycles. The fraction of sp³-hybridized carbons (Fsp3) is 0.533. The van der Waals surface area contributed by atoms with Crippen LogP contribution < -0.4 is 5.32 Å². The number of anilines is 1. The average molecular weight is 308 g/mol. The number of halogens is 1. The molecule has 2 rings (SSSR count). The fourth-order valence-electron chi connectivity index (χ4n) is 2.25. The van der Waals surface area contributed by atoms with Gasteiger partial charge in [-0.1, -0.05) is 25.4 Å². The van der Waals surface area contributed by atoms with Gasteiger partial charge in [0.25, 0.3) is 0 Å². The van der Waals surface area contributed by atoms with Gasteiger partial charge < -0.3 is 5.32 Å². The van der Waals surface area contributed by atoms with Gasteiger partial charge >= 0.3 is 0 Å². The first kappa shape index (κ1) is 15.8. The normalized spacial score (nSPS) is 10.9. The second-order valence-corrected chi connectivity index (χ2v) is 5.49. The SMILES string of the molecule is CCCc1nc(Cl)c(C)c(NCc2cn(C)nc2CC)n1. The van der Waals surface area contributed by atoms with Gasteiger partial charge in [0.05, 0.1) is 5.69 Å². The van der Waals surface area contributed by atoms with E-state index in [1.807, 2.05) is 24.9 Å². The minimum Gasteiger partial charge on any atom is -0.365 e. The number of nitrogens with zero attached hydrogens (tertiary/aromatic N) is 4. The molecular formula is C15H22ClN5. The van der Waals surface area contributed by atoms with Crippen LogP contribution in [0.3, 0.4) is 0 Å². The first-order valence-electron chi connectivity index (χ1n) is 7.33. The molecule has 0 fully saturated rings. The Morgan fingerprint density at radius 2 is 2.05 bits per heavy atom. The van der Waals surface area contributed by atoms with Crippen LogP contribution in [0.15, 0.2) is 6.20 Å². The molecule has 0 saturated heterocycles. The second-order valence-electron chi connectivity index (χ2n) is 5.14. The lowest BCUT2D eigenvalue weighted by atomic mass is 10.2. The average Bonchev–Trinajstić information content (AvgIpc) is 2.81. The summed E-state index contributed by atoms with van der Waals surface area (Å²) in [5.41, 5.74) is 3.18. The van der Waals surface area contributed by atoms with Crippen molar-refractivity contribution in [3.63, 3.8) is 0 Å². The minimum absolute atomic E-state index is 0.526. The predicted molar refractivity (Wildman–Crippen MR) is 85.7 cm³/mol. The minimum atomic E-state index is 0.526. The van der Waals surface area contributed by atoms with E-state index in [1.165, 1.54) is 5.56 Å². The van der Waals surface area contributed by atoms with Gasteiger partial charge in [0.1, 0.15) is 16.8 Å². The molecule has 5 nitrogen and oxygen atoms in total. The van der Waals surface area contributed by atoms with E-state index in [-0.39, 0.29) is 0 Å². The van der Waals surface area contributed by atoms with Gasteiger partial charge in [-0.25, -0.2) is 9.97 Å². The molecule has 0 amide bonds. The van der Waals surface area contributed by atoms with Crippen molar-refractivity contribution in [1.29, 1.82) is 0 Å². The quantitative estimate of drug-likeness (QED) is 0.832. The Balaban J connectivity index is 2.19. The summed E-state index contributed by atoms with van der Waals surface area (Å²) in [6.45, 7) is 6.84. The zero-order valence-corrected chi connectivity index (χ0v) is 13.8. The van der Waals surface area contributed by atoms with Gasteiger partial charge in [-0.2, -0.15) is 5.10 Å². The van der Waals surface area contributed by atoms with Crippen molar-refractivity contribution < 1.29 is 0 Å². The summed E-state index contributed by atoms with van der Waals surface area (Å²) in [6, 6.07) is 0.